The number of ether oxygens (including phenoxy) is 3. The number of benzene rings is 1. The normalized spacial score (nSPS) is 20.3. The highest BCUT2D eigenvalue weighted by molar-refractivity contribution is 6.32. The first-order valence-electron chi connectivity index (χ1n) is 8.57. The van der Waals surface area contributed by atoms with Gasteiger partial charge in [0.25, 0.3) is 0 Å². The highest BCUT2D eigenvalue weighted by Gasteiger charge is 2.18. The lowest BCUT2D eigenvalue weighted by molar-refractivity contribution is 0.0286. The van der Waals surface area contributed by atoms with Crippen molar-refractivity contribution < 1.29 is 14.2 Å². The van der Waals surface area contributed by atoms with Crippen molar-refractivity contribution in [3.8, 4) is 11.5 Å². The Hall–Kier alpha value is -1.83. The van der Waals surface area contributed by atoms with Gasteiger partial charge in [0.1, 0.15) is 0 Å². The number of hydrogen-bond acceptors (Lipinski definition) is 6. The van der Waals surface area contributed by atoms with Gasteiger partial charge in [-0.25, -0.2) is 4.68 Å². The van der Waals surface area contributed by atoms with Crippen molar-refractivity contribution in [1.29, 1.82) is 0 Å². The fourth-order valence-corrected chi connectivity index (χ4v) is 3.34. The van der Waals surface area contributed by atoms with Crippen LogP contribution in [-0.4, -0.2) is 54.0 Å². The van der Waals surface area contributed by atoms with E-state index in [4.69, 9.17) is 25.8 Å². The average Bonchev–Trinajstić information content (AvgIpc) is 2.90. The molecular weight excluding hydrogens is 344 g/mol. The second-order valence-corrected chi connectivity index (χ2v) is 6.67. The molecule has 2 aliphatic heterocycles. The quantitative estimate of drug-likeness (QED) is 0.890. The number of nitrogens with zero attached hydrogens (tertiary/aromatic N) is 3. The van der Waals surface area contributed by atoms with Crippen LogP contribution in [-0.2, 0) is 17.7 Å². The molecule has 0 radical (unpaired) electrons. The fraction of sp³-hybridized carbons (Fsp3) is 0.529. The minimum absolute atomic E-state index is 0.159. The van der Waals surface area contributed by atoms with Crippen LogP contribution >= 0.6 is 11.6 Å². The van der Waals surface area contributed by atoms with Gasteiger partial charge in [-0.3, -0.25) is 0 Å². The van der Waals surface area contributed by atoms with E-state index in [0.717, 1.165) is 43.8 Å². The molecule has 2 aliphatic rings. The van der Waals surface area contributed by atoms with Crippen molar-refractivity contribution in [3.63, 3.8) is 0 Å². The van der Waals surface area contributed by atoms with Crippen LogP contribution in [0.15, 0.2) is 18.3 Å². The van der Waals surface area contributed by atoms with Gasteiger partial charge in [-0.15, -0.1) is 5.10 Å². The van der Waals surface area contributed by atoms with E-state index < -0.39 is 0 Å². The third kappa shape index (κ3) is 4.05. The first-order chi connectivity index (χ1) is 12.3. The summed E-state index contributed by atoms with van der Waals surface area (Å²) in [5.74, 6) is 1.33. The third-order valence-corrected chi connectivity index (χ3v) is 4.51. The van der Waals surface area contributed by atoms with Gasteiger partial charge in [-0.1, -0.05) is 16.8 Å². The van der Waals surface area contributed by atoms with Crippen LogP contribution in [0.5, 0.6) is 11.5 Å². The molecule has 0 spiro atoms. The summed E-state index contributed by atoms with van der Waals surface area (Å²) in [4.78, 5) is 0. The van der Waals surface area contributed by atoms with E-state index in [-0.39, 0.29) is 6.10 Å². The van der Waals surface area contributed by atoms with Crippen LogP contribution in [0.25, 0.3) is 0 Å². The number of fused-ring (bicyclic) bond motifs is 1. The molecule has 1 N–H and O–H groups in total. The van der Waals surface area contributed by atoms with Crippen LogP contribution < -0.4 is 14.8 Å². The Morgan fingerprint density at radius 2 is 2.16 bits per heavy atom. The van der Waals surface area contributed by atoms with Crippen molar-refractivity contribution in [2.24, 2.45) is 0 Å². The van der Waals surface area contributed by atoms with Gasteiger partial charge in [-0.2, -0.15) is 0 Å². The monoisotopic (exact) mass is 364 g/mol. The Balaban J connectivity index is 1.45. The number of nitrogens with one attached hydrogen (secondary N) is 1. The number of morpholine rings is 1. The maximum Gasteiger partial charge on any atom is 0.179 e. The molecule has 1 fully saturated rings. The molecule has 134 valence electrons. The van der Waals surface area contributed by atoms with Gasteiger partial charge in [-0.05, 0) is 17.7 Å². The molecule has 8 heteroatoms. The standard InChI is InChI=1S/C17H21ClN4O3/c18-15-6-12(7-16-17(15)25-4-1-3-24-16)10-22-11-13(20-21-22)8-14-9-19-2-5-23-14/h6-7,11,14,19H,1-5,8-10H2. The number of rotatable bonds is 4. The predicted molar refractivity (Wildman–Crippen MR) is 92.5 cm³/mol. The number of halogens is 1. The Morgan fingerprint density at radius 1 is 1.24 bits per heavy atom. The summed E-state index contributed by atoms with van der Waals surface area (Å²) in [6, 6.07) is 3.85. The first kappa shape index (κ1) is 16.6. The van der Waals surface area contributed by atoms with E-state index in [1.807, 2.05) is 18.3 Å². The Bertz CT molecular complexity index is 731. The highest BCUT2D eigenvalue weighted by Crippen LogP contribution is 2.38. The molecule has 1 unspecified atom stereocenters. The second-order valence-electron chi connectivity index (χ2n) is 6.26. The summed E-state index contributed by atoms with van der Waals surface area (Å²) >= 11 is 6.35. The Kier molecular flexibility index (Phi) is 5.05. The average molecular weight is 365 g/mol. The highest BCUT2D eigenvalue weighted by atomic mass is 35.5. The maximum atomic E-state index is 6.35. The fourth-order valence-electron chi connectivity index (χ4n) is 3.06. The molecule has 1 aromatic carbocycles. The summed E-state index contributed by atoms with van der Waals surface area (Å²) in [5, 5.41) is 12.3. The van der Waals surface area contributed by atoms with Crippen LogP contribution in [0.4, 0.5) is 0 Å². The lowest BCUT2D eigenvalue weighted by Crippen LogP contribution is -2.39. The van der Waals surface area contributed by atoms with Gasteiger partial charge in [0.2, 0.25) is 0 Å². The van der Waals surface area contributed by atoms with Crippen LogP contribution in [0, 0.1) is 0 Å². The van der Waals surface area contributed by atoms with Gasteiger partial charge in [0.05, 0.1) is 43.2 Å². The van der Waals surface area contributed by atoms with Crippen molar-refractivity contribution >= 4 is 11.6 Å². The molecular formula is C17H21ClN4O3. The van der Waals surface area contributed by atoms with Crippen LogP contribution in [0.2, 0.25) is 5.02 Å². The summed E-state index contributed by atoms with van der Waals surface area (Å²) in [6.45, 7) is 4.34. The zero-order valence-electron chi connectivity index (χ0n) is 13.9. The van der Waals surface area contributed by atoms with E-state index in [2.05, 4.69) is 15.6 Å². The third-order valence-electron chi connectivity index (χ3n) is 4.23. The molecule has 0 aliphatic carbocycles. The molecule has 2 aromatic rings. The molecule has 0 bridgehead atoms. The van der Waals surface area contributed by atoms with E-state index >= 15 is 0 Å². The molecule has 4 rings (SSSR count). The van der Waals surface area contributed by atoms with E-state index in [0.29, 0.717) is 36.3 Å². The lowest BCUT2D eigenvalue weighted by Gasteiger charge is -2.22. The Morgan fingerprint density at radius 3 is 3.04 bits per heavy atom. The largest absolute Gasteiger partial charge is 0.489 e. The van der Waals surface area contributed by atoms with Crippen LogP contribution in [0.1, 0.15) is 17.7 Å². The van der Waals surface area contributed by atoms with Gasteiger partial charge < -0.3 is 19.5 Å². The molecule has 1 atom stereocenters. The molecule has 0 saturated carbocycles. The van der Waals surface area contributed by atoms with E-state index in [9.17, 15) is 0 Å². The van der Waals surface area contributed by atoms with Gasteiger partial charge in [0.15, 0.2) is 11.5 Å². The van der Waals surface area contributed by atoms with Crippen molar-refractivity contribution in [3.05, 3.63) is 34.6 Å². The molecule has 0 amide bonds. The number of aromatic nitrogens is 3. The molecule has 1 aromatic heterocycles. The second kappa shape index (κ2) is 7.59. The van der Waals surface area contributed by atoms with E-state index in [1.54, 1.807) is 4.68 Å². The molecule has 3 heterocycles. The van der Waals surface area contributed by atoms with Crippen LogP contribution in [0.3, 0.4) is 0 Å². The van der Waals surface area contributed by atoms with Crippen molar-refractivity contribution in [2.45, 2.75) is 25.5 Å². The SMILES string of the molecule is Clc1cc(Cn2cc(CC3CNCCO3)nn2)cc2c1OCCCO2. The molecule has 7 nitrogen and oxygen atoms in total. The minimum Gasteiger partial charge on any atom is -0.489 e. The van der Waals surface area contributed by atoms with E-state index in [1.165, 1.54) is 0 Å². The molecule has 1 saturated heterocycles. The lowest BCUT2D eigenvalue weighted by atomic mass is 10.2. The van der Waals surface area contributed by atoms with Gasteiger partial charge >= 0.3 is 0 Å². The zero-order valence-corrected chi connectivity index (χ0v) is 14.7. The summed E-state index contributed by atoms with van der Waals surface area (Å²) in [5.41, 5.74) is 1.93. The van der Waals surface area contributed by atoms with Crippen molar-refractivity contribution in [1.82, 2.24) is 20.3 Å². The summed E-state index contributed by atoms with van der Waals surface area (Å²) in [6.07, 6.45) is 3.72. The molecule has 25 heavy (non-hydrogen) atoms. The topological polar surface area (TPSA) is 70.4 Å². The summed E-state index contributed by atoms with van der Waals surface area (Å²) < 4.78 is 18.9. The smallest absolute Gasteiger partial charge is 0.179 e. The van der Waals surface area contributed by atoms with Crippen molar-refractivity contribution in [2.75, 3.05) is 32.9 Å². The van der Waals surface area contributed by atoms with Gasteiger partial charge in [0, 0.05) is 32.1 Å². The predicted octanol–water partition coefficient (Wildman–Crippen LogP) is 1.67. The first-order valence-corrected chi connectivity index (χ1v) is 8.95. The summed E-state index contributed by atoms with van der Waals surface area (Å²) in [7, 11) is 0. The number of hydrogen-bond donors (Lipinski definition) is 1. The minimum atomic E-state index is 0.159. The maximum absolute atomic E-state index is 6.35. The Labute approximate surface area is 151 Å². The zero-order chi connectivity index (χ0) is 17.1.